The Morgan fingerprint density at radius 1 is 1.53 bits per heavy atom. The molecular weight excluding hydrogens is 196 g/mol. The van der Waals surface area contributed by atoms with Crippen LogP contribution in [0, 0.1) is 0 Å². The first-order chi connectivity index (χ1) is 7.11. The average Bonchev–Trinajstić information content (AvgIpc) is 2.26. The zero-order valence-corrected chi connectivity index (χ0v) is 8.09. The smallest absolute Gasteiger partial charge is 0.303 e. The molecule has 0 aliphatic rings. The molecule has 1 heterocycles. The van der Waals surface area contributed by atoms with Gasteiger partial charge in [-0.25, -0.2) is 0 Å². The normalized spacial score (nSPS) is 12.1. The van der Waals surface area contributed by atoms with E-state index in [0.717, 1.165) is 0 Å². The lowest BCUT2D eigenvalue weighted by atomic mass is 10.0. The maximum atomic E-state index is 11.6. The number of nitrogens with zero attached hydrogens (tertiary/aromatic N) is 1. The second-order valence-corrected chi connectivity index (χ2v) is 3.14. The van der Waals surface area contributed by atoms with E-state index in [9.17, 15) is 9.59 Å². The van der Waals surface area contributed by atoms with Gasteiger partial charge in [0, 0.05) is 24.4 Å². The Kier molecular flexibility index (Phi) is 3.93. The van der Waals surface area contributed by atoms with Crippen LogP contribution in [0.5, 0.6) is 0 Å². The van der Waals surface area contributed by atoms with E-state index in [1.54, 1.807) is 18.3 Å². The monoisotopic (exact) mass is 208 g/mol. The topological polar surface area (TPSA) is 93.3 Å². The number of rotatable bonds is 5. The van der Waals surface area contributed by atoms with E-state index in [1.165, 1.54) is 6.20 Å². The summed E-state index contributed by atoms with van der Waals surface area (Å²) in [4.78, 5) is 25.7. The fourth-order valence-electron chi connectivity index (χ4n) is 1.13. The number of hydrogen-bond donors (Lipinski definition) is 2. The molecule has 3 N–H and O–H groups in total. The average molecular weight is 208 g/mol. The van der Waals surface area contributed by atoms with E-state index >= 15 is 0 Å². The molecule has 1 rings (SSSR count). The lowest BCUT2D eigenvalue weighted by molar-refractivity contribution is -0.137. The van der Waals surface area contributed by atoms with Crippen LogP contribution in [0.4, 0.5) is 0 Å². The van der Waals surface area contributed by atoms with Crippen molar-refractivity contribution < 1.29 is 14.7 Å². The second kappa shape index (κ2) is 5.21. The van der Waals surface area contributed by atoms with E-state index in [0.29, 0.717) is 5.56 Å². The van der Waals surface area contributed by atoms with Crippen LogP contribution in [-0.2, 0) is 4.79 Å². The maximum Gasteiger partial charge on any atom is 0.303 e. The van der Waals surface area contributed by atoms with Crippen LogP contribution in [0.25, 0.3) is 0 Å². The fourth-order valence-corrected chi connectivity index (χ4v) is 1.13. The van der Waals surface area contributed by atoms with Crippen LogP contribution in [0.15, 0.2) is 24.5 Å². The number of ketones is 1. The Morgan fingerprint density at radius 2 is 2.27 bits per heavy atom. The number of aliphatic carboxylic acids is 1. The number of carbonyl (C=O) groups excluding carboxylic acids is 1. The van der Waals surface area contributed by atoms with Crippen LogP contribution in [0.3, 0.4) is 0 Å². The maximum absolute atomic E-state index is 11.6. The highest BCUT2D eigenvalue weighted by Gasteiger charge is 2.16. The van der Waals surface area contributed by atoms with Crippen LogP contribution in [-0.4, -0.2) is 27.9 Å². The predicted molar refractivity (Wildman–Crippen MR) is 53.4 cm³/mol. The summed E-state index contributed by atoms with van der Waals surface area (Å²) in [5.41, 5.74) is 5.97. The molecular formula is C10H12N2O3. The largest absolute Gasteiger partial charge is 0.481 e. The van der Waals surface area contributed by atoms with Crippen molar-refractivity contribution in [2.45, 2.75) is 18.9 Å². The Labute approximate surface area is 86.9 Å². The molecule has 0 spiro atoms. The summed E-state index contributed by atoms with van der Waals surface area (Å²) in [6.07, 6.45) is 3.01. The van der Waals surface area contributed by atoms with Crippen molar-refractivity contribution in [2.24, 2.45) is 5.73 Å². The van der Waals surface area contributed by atoms with Gasteiger partial charge >= 0.3 is 5.97 Å². The van der Waals surface area contributed by atoms with E-state index in [1.807, 2.05) is 0 Å². The van der Waals surface area contributed by atoms with Gasteiger partial charge in [-0.05, 0) is 18.6 Å². The summed E-state index contributed by atoms with van der Waals surface area (Å²) in [5, 5.41) is 8.44. The minimum Gasteiger partial charge on any atom is -0.481 e. The molecule has 0 bridgehead atoms. The second-order valence-electron chi connectivity index (χ2n) is 3.14. The number of pyridine rings is 1. The van der Waals surface area contributed by atoms with Crippen LogP contribution >= 0.6 is 0 Å². The molecule has 1 unspecified atom stereocenters. The summed E-state index contributed by atoms with van der Waals surface area (Å²) in [7, 11) is 0. The molecule has 0 aliphatic heterocycles. The van der Waals surface area contributed by atoms with Gasteiger partial charge in [-0.3, -0.25) is 14.6 Å². The number of hydrogen-bond acceptors (Lipinski definition) is 4. The Hall–Kier alpha value is -1.75. The molecule has 0 radical (unpaired) electrons. The lowest BCUT2D eigenvalue weighted by Crippen LogP contribution is -2.31. The minimum absolute atomic E-state index is 0.104. The molecule has 1 aromatic heterocycles. The fraction of sp³-hybridized carbons (Fsp3) is 0.300. The molecule has 0 aliphatic carbocycles. The van der Waals surface area contributed by atoms with Gasteiger partial charge in [0.05, 0.1) is 6.04 Å². The van der Waals surface area contributed by atoms with Gasteiger partial charge in [0.1, 0.15) is 0 Å². The minimum atomic E-state index is -0.954. The van der Waals surface area contributed by atoms with Crippen molar-refractivity contribution in [2.75, 3.05) is 0 Å². The zero-order valence-electron chi connectivity index (χ0n) is 8.09. The van der Waals surface area contributed by atoms with Gasteiger partial charge in [-0.2, -0.15) is 0 Å². The number of Topliss-reactive ketones (excluding diaryl/α,β-unsaturated/α-hetero) is 1. The van der Waals surface area contributed by atoms with Gasteiger partial charge < -0.3 is 10.8 Å². The molecule has 5 heteroatoms. The third kappa shape index (κ3) is 3.47. The first kappa shape index (κ1) is 11.3. The first-order valence-electron chi connectivity index (χ1n) is 4.53. The van der Waals surface area contributed by atoms with Crippen molar-refractivity contribution in [3.8, 4) is 0 Å². The molecule has 80 valence electrons. The standard InChI is InChI=1S/C10H12N2O3/c11-8(3-4-9(13)14)10(15)7-2-1-5-12-6-7/h1-2,5-6,8H,3-4,11H2,(H,13,14). The van der Waals surface area contributed by atoms with Crippen LogP contribution in [0.2, 0.25) is 0 Å². The van der Waals surface area contributed by atoms with Gasteiger partial charge in [-0.15, -0.1) is 0 Å². The van der Waals surface area contributed by atoms with Crippen molar-refractivity contribution in [3.63, 3.8) is 0 Å². The van der Waals surface area contributed by atoms with Gasteiger partial charge in [0.2, 0.25) is 0 Å². The zero-order chi connectivity index (χ0) is 11.3. The molecule has 0 saturated heterocycles. The third-order valence-corrected chi connectivity index (χ3v) is 1.95. The van der Waals surface area contributed by atoms with Gasteiger partial charge in [-0.1, -0.05) is 0 Å². The molecule has 1 atom stereocenters. The number of carboxylic acids is 1. The van der Waals surface area contributed by atoms with Gasteiger partial charge in [0.25, 0.3) is 0 Å². The molecule has 1 aromatic rings. The van der Waals surface area contributed by atoms with Crippen molar-refractivity contribution in [1.82, 2.24) is 4.98 Å². The van der Waals surface area contributed by atoms with E-state index in [4.69, 9.17) is 10.8 Å². The first-order valence-corrected chi connectivity index (χ1v) is 4.53. The van der Waals surface area contributed by atoms with Crippen LogP contribution in [0.1, 0.15) is 23.2 Å². The van der Waals surface area contributed by atoms with E-state index in [2.05, 4.69) is 4.98 Å². The van der Waals surface area contributed by atoms with E-state index < -0.39 is 12.0 Å². The van der Waals surface area contributed by atoms with E-state index in [-0.39, 0.29) is 18.6 Å². The molecule has 15 heavy (non-hydrogen) atoms. The third-order valence-electron chi connectivity index (χ3n) is 1.95. The molecule has 0 aromatic carbocycles. The highest BCUT2D eigenvalue weighted by molar-refractivity contribution is 5.99. The number of carbonyl (C=O) groups is 2. The summed E-state index contributed by atoms with van der Waals surface area (Å²) < 4.78 is 0. The summed E-state index contributed by atoms with van der Waals surface area (Å²) in [6, 6.07) is 2.47. The number of nitrogens with two attached hydrogens (primary N) is 1. The Balaban J connectivity index is 2.57. The Bertz CT molecular complexity index is 351. The summed E-state index contributed by atoms with van der Waals surface area (Å²) in [6.45, 7) is 0. The highest BCUT2D eigenvalue weighted by Crippen LogP contribution is 2.04. The number of carboxylic acid groups (broad SMARTS) is 1. The van der Waals surface area contributed by atoms with Crippen molar-refractivity contribution in [3.05, 3.63) is 30.1 Å². The quantitative estimate of drug-likeness (QED) is 0.685. The molecule has 5 nitrogen and oxygen atoms in total. The summed E-state index contributed by atoms with van der Waals surface area (Å²) >= 11 is 0. The van der Waals surface area contributed by atoms with Crippen molar-refractivity contribution >= 4 is 11.8 Å². The van der Waals surface area contributed by atoms with Crippen LogP contribution < -0.4 is 5.73 Å². The van der Waals surface area contributed by atoms with Crippen molar-refractivity contribution in [1.29, 1.82) is 0 Å². The molecule has 0 amide bonds. The predicted octanol–water partition coefficient (Wildman–Crippen LogP) is 0.456. The molecule has 0 saturated carbocycles. The Morgan fingerprint density at radius 3 is 2.80 bits per heavy atom. The molecule has 0 fully saturated rings. The summed E-state index contributed by atoms with van der Waals surface area (Å²) in [5.74, 6) is -1.23. The highest BCUT2D eigenvalue weighted by atomic mass is 16.4. The lowest BCUT2D eigenvalue weighted by Gasteiger charge is -2.08. The number of aromatic nitrogens is 1. The van der Waals surface area contributed by atoms with Gasteiger partial charge in [0.15, 0.2) is 5.78 Å². The SMILES string of the molecule is NC(CCC(=O)O)C(=O)c1cccnc1.